The highest BCUT2D eigenvalue weighted by Gasteiger charge is 2.24. The Labute approximate surface area is 235 Å². The zero-order valence-corrected chi connectivity index (χ0v) is 23.9. The summed E-state index contributed by atoms with van der Waals surface area (Å²) in [6.45, 7) is 6.88. The molecule has 3 N–H and O–H groups in total. The number of ether oxygens (including phenoxy) is 1. The molecule has 8 nitrogen and oxygen atoms in total. The number of anilines is 1. The molecule has 0 aromatic heterocycles. The fourth-order valence-corrected chi connectivity index (χ4v) is 6.11. The van der Waals surface area contributed by atoms with E-state index in [4.69, 9.17) is 14.9 Å². The molecule has 205 valence electrons. The van der Waals surface area contributed by atoms with Gasteiger partial charge in [-0.05, 0) is 45.1 Å². The number of hydrogen-bond acceptors (Lipinski definition) is 6. The lowest BCUT2D eigenvalue weighted by molar-refractivity contribution is -0.384. The van der Waals surface area contributed by atoms with Crippen molar-refractivity contribution in [2.24, 2.45) is 5.73 Å². The largest absolute Gasteiger partial charge is 0.533 e. The number of nitrogens with zero attached hydrogens (tertiary/aromatic N) is 1. The van der Waals surface area contributed by atoms with Gasteiger partial charge in [0.15, 0.2) is 5.69 Å². The molecule has 1 radical (unpaired) electrons. The van der Waals surface area contributed by atoms with Gasteiger partial charge in [0.1, 0.15) is 11.5 Å². The first kappa shape index (κ1) is 28.4. The van der Waals surface area contributed by atoms with Crippen molar-refractivity contribution in [3.05, 3.63) is 118 Å². The Bertz CT molecular complexity index is 1480. The first-order chi connectivity index (χ1) is 19.1. The maximum atomic E-state index is 11.7. The van der Waals surface area contributed by atoms with Crippen LogP contribution in [0.4, 0.5) is 11.4 Å². The molecule has 0 saturated carbocycles. The zero-order chi connectivity index (χ0) is 28.9. The number of amides is 1. The fourth-order valence-electron chi connectivity index (χ4n) is 4.20. The number of nitrogens with two attached hydrogens (primary N) is 1. The number of hydrogen-bond donors (Lipinski definition) is 2. The maximum Gasteiger partial charge on any atom is 0.352 e. The lowest BCUT2D eigenvalue weighted by atomic mass is 9.87. The Hall–Kier alpha value is -4.63. The molecule has 0 spiro atoms. The second-order valence-corrected chi connectivity index (χ2v) is 12.3. The third-order valence-electron chi connectivity index (χ3n) is 6.44. The van der Waals surface area contributed by atoms with Gasteiger partial charge in [-0.3, -0.25) is 14.9 Å². The SMILES string of the molecule is COc1cc(C(N)=O)cc([N+](=O)[O-])c1NCc1ccc(O[Si](c2ccccc2)c2ccc(C(C)(C)C)cc2)cc1. The summed E-state index contributed by atoms with van der Waals surface area (Å²) in [4.78, 5) is 22.7. The summed E-state index contributed by atoms with van der Waals surface area (Å²) in [7, 11) is -0.182. The van der Waals surface area contributed by atoms with Crippen molar-refractivity contribution < 1.29 is 18.9 Å². The summed E-state index contributed by atoms with van der Waals surface area (Å²) in [5, 5.41) is 17.0. The Balaban J connectivity index is 1.54. The molecule has 4 rings (SSSR count). The molecule has 4 aromatic rings. The van der Waals surface area contributed by atoms with Crippen molar-refractivity contribution in [3.8, 4) is 11.5 Å². The topological polar surface area (TPSA) is 117 Å². The van der Waals surface area contributed by atoms with Gasteiger partial charge in [-0.25, -0.2) is 0 Å². The van der Waals surface area contributed by atoms with Crippen LogP contribution in [0.2, 0.25) is 0 Å². The number of nitrogens with one attached hydrogen (secondary N) is 1. The van der Waals surface area contributed by atoms with Crippen LogP contribution in [0.25, 0.3) is 0 Å². The van der Waals surface area contributed by atoms with Gasteiger partial charge in [-0.1, -0.05) is 87.5 Å². The number of benzene rings is 4. The van der Waals surface area contributed by atoms with Crippen LogP contribution < -0.4 is 30.6 Å². The number of carbonyl (C=O) groups excluding carboxylic acids is 1. The summed E-state index contributed by atoms with van der Waals surface area (Å²) in [5.41, 5.74) is 7.42. The van der Waals surface area contributed by atoms with E-state index in [-0.39, 0.29) is 34.6 Å². The van der Waals surface area contributed by atoms with Crippen molar-refractivity contribution >= 4 is 36.7 Å². The number of methoxy groups -OCH3 is 1. The molecule has 0 heterocycles. The van der Waals surface area contributed by atoms with E-state index < -0.39 is 19.9 Å². The van der Waals surface area contributed by atoms with E-state index in [9.17, 15) is 14.9 Å². The normalized spacial score (nSPS) is 11.2. The van der Waals surface area contributed by atoms with Gasteiger partial charge < -0.3 is 20.2 Å². The van der Waals surface area contributed by atoms with Gasteiger partial charge in [0.25, 0.3) is 5.69 Å². The molecular formula is C31H32N3O5Si. The van der Waals surface area contributed by atoms with Gasteiger partial charge in [-0.15, -0.1) is 0 Å². The van der Waals surface area contributed by atoms with Gasteiger partial charge in [0, 0.05) is 18.2 Å². The highest BCUT2D eigenvalue weighted by atomic mass is 28.3. The third kappa shape index (κ3) is 6.67. The standard InChI is InChI=1S/C31H32N3O5Si/c1-31(2,3)23-12-16-26(17-13-23)40(25-8-6-5-7-9-25)39-24-14-10-21(11-15-24)20-33-29-27(34(36)37)18-22(30(32)35)19-28(29)38-4/h5-19,33H,20H2,1-4H3,(H2,32,35). The lowest BCUT2D eigenvalue weighted by Crippen LogP contribution is -2.47. The van der Waals surface area contributed by atoms with Gasteiger partial charge >= 0.3 is 9.04 Å². The van der Waals surface area contributed by atoms with E-state index in [1.807, 2.05) is 42.5 Å². The monoisotopic (exact) mass is 554 g/mol. The fraction of sp³-hybridized carbons (Fsp3) is 0.194. The molecule has 0 aliphatic carbocycles. The van der Waals surface area contributed by atoms with E-state index in [0.717, 1.165) is 27.8 Å². The molecule has 0 aliphatic heterocycles. The van der Waals surface area contributed by atoms with Crippen LogP contribution in [0.1, 0.15) is 42.3 Å². The highest BCUT2D eigenvalue weighted by molar-refractivity contribution is 6.80. The minimum Gasteiger partial charge on any atom is -0.533 e. The molecule has 0 bridgehead atoms. The van der Waals surface area contributed by atoms with Crippen LogP contribution in [-0.2, 0) is 12.0 Å². The summed E-state index contributed by atoms with van der Waals surface area (Å²) in [6.07, 6.45) is 0. The maximum absolute atomic E-state index is 11.7. The molecule has 1 amide bonds. The van der Waals surface area contributed by atoms with Crippen molar-refractivity contribution in [2.45, 2.75) is 32.7 Å². The first-order valence-electron chi connectivity index (χ1n) is 12.8. The average molecular weight is 555 g/mol. The van der Waals surface area contributed by atoms with Crippen LogP contribution in [0, 0.1) is 10.1 Å². The minimum atomic E-state index is -1.56. The Morgan fingerprint density at radius 3 is 2.12 bits per heavy atom. The number of nitro groups is 1. The van der Waals surface area contributed by atoms with E-state index in [2.05, 4.69) is 62.5 Å². The van der Waals surface area contributed by atoms with Crippen molar-refractivity contribution in [3.63, 3.8) is 0 Å². The molecule has 0 fully saturated rings. The Morgan fingerprint density at radius 2 is 1.57 bits per heavy atom. The van der Waals surface area contributed by atoms with E-state index >= 15 is 0 Å². The Morgan fingerprint density at radius 1 is 0.950 bits per heavy atom. The van der Waals surface area contributed by atoms with Gasteiger partial charge in [-0.2, -0.15) is 0 Å². The molecule has 40 heavy (non-hydrogen) atoms. The van der Waals surface area contributed by atoms with Gasteiger partial charge in [0.05, 0.1) is 12.0 Å². The van der Waals surface area contributed by atoms with Gasteiger partial charge in [0.2, 0.25) is 5.91 Å². The molecule has 0 unspecified atom stereocenters. The summed E-state index contributed by atoms with van der Waals surface area (Å²) in [5.74, 6) is 0.122. The average Bonchev–Trinajstić information content (AvgIpc) is 2.95. The molecule has 9 heteroatoms. The molecule has 0 atom stereocenters. The second kappa shape index (κ2) is 12.0. The molecular weight excluding hydrogens is 522 g/mol. The predicted octanol–water partition coefficient (Wildman–Crippen LogP) is 4.80. The summed E-state index contributed by atoms with van der Waals surface area (Å²) >= 11 is 0. The van der Waals surface area contributed by atoms with Crippen LogP contribution >= 0.6 is 0 Å². The number of carbonyl (C=O) groups is 1. The van der Waals surface area contributed by atoms with E-state index in [0.29, 0.717) is 0 Å². The van der Waals surface area contributed by atoms with Crippen molar-refractivity contribution in [2.75, 3.05) is 12.4 Å². The van der Waals surface area contributed by atoms with E-state index in [1.54, 1.807) is 0 Å². The molecule has 0 saturated heterocycles. The second-order valence-electron chi connectivity index (χ2n) is 10.3. The summed E-state index contributed by atoms with van der Waals surface area (Å²) in [6, 6.07) is 29.0. The van der Waals surface area contributed by atoms with Crippen LogP contribution in [0.15, 0.2) is 91.0 Å². The number of rotatable bonds is 10. The summed E-state index contributed by atoms with van der Waals surface area (Å²) < 4.78 is 11.9. The van der Waals surface area contributed by atoms with Crippen molar-refractivity contribution in [1.82, 2.24) is 0 Å². The smallest absolute Gasteiger partial charge is 0.352 e. The minimum absolute atomic E-state index is 0.000302. The quantitative estimate of drug-likeness (QED) is 0.165. The van der Waals surface area contributed by atoms with Crippen LogP contribution in [0.5, 0.6) is 11.5 Å². The lowest BCUT2D eigenvalue weighted by Gasteiger charge is -2.21. The number of primary amides is 1. The highest BCUT2D eigenvalue weighted by Crippen LogP contribution is 2.36. The first-order valence-corrected chi connectivity index (χ1v) is 14.2. The third-order valence-corrected chi connectivity index (χ3v) is 8.60. The van der Waals surface area contributed by atoms with Crippen molar-refractivity contribution in [1.29, 1.82) is 0 Å². The van der Waals surface area contributed by atoms with E-state index in [1.165, 1.54) is 18.7 Å². The van der Waals surface area contributed by atoms with Crippen LogP contribution in [-0.4, -0.2) is 27.0 Å². The Kier molecular flexibility index (Phi) is 8.54. The molecule has 0 aliphatic rings. The number of nitro benzene ring substituents is 1. The van der Waals surface area contributed by atoms with Crippen LogP contribution in [0.3, 0.4) is 0 Å². The predicted molar refractivity (Wildman–Crippen MR) is 159 cm³/mol. The zero-order valence-electron chi connectivity index (χ0n) is 22.9. The molecule has 4 aromatic carbocycles.